The Morgan fingerprint density at radius 2 is 1.76 bits per heavy atom. The Morgan fingerprint density at radius 1 is 1.06 bits per heavy atom. The minimum Gasteiger partial charge on any atom is -0.337 e. The maximum atomic E-state index is 13.9. The van der Waals surface area contributed by atoms with Gasteiger partial charge in [-0.05, 0) is 31.2 Å². The molecule has 0 N–H and O–H groups in total. The number of alkyl halides is 3. The molecule has 11 heteroatoms. The largest absolute Gasteiger partial charge is 0.416 e. The molecule has 1 aliphatic rings. The first-order valence-electron chi connectivity index (χ1n) is 10.1. The van der Waals surface area contributed by atoms with E-state index in [-0.39, 0.29) is 42.0 Å². The van der Waals surface area contributed by atoms with E-state index in [1.165, 1.54) is 29.2 Å². The molecule has 1 aromatic heterocycles. The molecule has 0 saturated carbocycles. The molecule has 1 fully saturated rings. The van der Waals surface area contributed by atoms with Crippen molar-refractivity contribution in [2.45, 2.75) is 19.1 Å². The molecule has 1 saturated heterocycles. The van der Waals surface area contributed by atoms with Crippen LogP contribution in [0.15, 0.2) is 47.0 Å². The second-order valence-corrected chi connectivity index (χ2v) is 7.64. The highest BCUT2D eigenvalue weighted by atomic mass is 19.4. The number of piperazine rings is 1. The summed E-state index contributed by atoms with van der Waals surface area (Å²) < 4.78 is 71.5. The number of hydrogen-bond donors (Lipinski definition) is 0. The number of rotatable bonds is 4. The van der Waals surface area contributed by atoms with Crippen molar-refractivity contribution < 1.29 is 31.3 Å². The van der Waals surface area contributed by atoms with Crippen molar-refractivity contribution in [3.63, 3.8) is 0 Å². The molecule has 0 spiro atoms. The molecule has 0 aliphatic carbocycles. The number of aromatic nitrogens is 2. The normalized spacial score (nSPS) is 16.1. The van der Waals surface area contributed by atoms with Crippen LogP contribution in [0.1, 0.15) is 34.8 Å². The third-order valence-corrected chi connectivity index (χ3v) is 5.58. The number of carbonyl (C=O) groups is 1. The predicted octanol–water partition coefficient (Wildman–Crippen LogP) is 4.55. The molecule has 0 bridgehead atoms. The molecule has 174 valence electrons. The first-order chi connectivity index (χ1) is 15.6. The number of amides is 1. The average molecular weight is 466 g/mol. The zero-order valence-electron chi connectivity index (χ0n) is 17.4. The lowest BCUT2D eigenvalue weighted by molar-refractivity contribution is -0.137. The zero-order chi connectivity index (χ0) is 23.8. The molecule has 2 aromatic carbocycles. The van der Waals surface area contributed by atoms with Gasteiger partial charge in [0.25, 0.3) is 5.91 Å². The highest BCUT2D eigenvalue weighted by Crippen LogP contribution is 2.32. The van der Waals surface area contributed by atoms with Gasteiger partial charge in [-0.2, -0.15) is 18.2 Å². The summed E-state index contributed by atoms with van der Waals surface area (Å²) in [5, 5.41) is 3.80. The maximum Gasteiger partial charge on any atom is 0.416 e. The molecule has 1 amide bonds. The summed E-state index contributed by atoms with van der Waals surface area (Å²) in [4.78, 5) is 20.2. The quantitative estimate of drug-likeness (QED) is 0.528. The molecule has 1 unspecified atom stereocenters. The van der Waals surface area contributed by atoms with Crippen molar-refractivity contribution in [3.8, 4) is 11.4 Å². The molecule has 33 heavy (non-hydrogen) atoms. The van der Waals surface area contributed by atoms with Crippen molar-refractivity contribution >= 4 is 5.91 Å². The fraction of sp³-hybridized carbons (Fsp3) is 0.318. The van der Waals surface area contributed by atoms with Gasteiger partial charge in [-0.25, -0.2) is 8.78 Å². The Balaban J connectivity index is 1.42. The average Bonchev–Trinajstić information content (AvgIpc) is 3.30. The van der Waals surface area contributed by atoms with E-state index in [9.17, 15) is 26.7 Å². The van der Waals surface area contributed by atoms with Gasteiger partial charge in [0.2, 0.25) is 11.7 Å². The van der Waals surface area contributed by atoms with Gasteiger partial charge < -0.3 is 9.42 Å². The van der Waals surface area contributed by atoms with Gasteiger partial charge >= 0.3 is 6.18 Å². The molecular weight excluding hydrogens is 447 g/mol. The molecule has 3 aromatic rings. The Hall–Kier alpha value is -3.34. The standard InChI is InChI=1S/C22H19F5N4O2/c1-13(20-28-19(29-33-20)14-4-2-5-15(12-14)22(25,26)27)30-8-10-31(11-9-30)21(32)16-6-3-7-17(23)18(16)24/h2-7,12-13H,8-11H2,1H3. The Bertz CT molecular complexity index is 1160. The van der Waals surface area contributed by atoms with Crippen LogP contribution in [0.25, 0.3) is 11.4 Å². The summed E-state index contributed by atoms with van der Waals surface area (Å²) in [7, 11) is 0. The van der Waals surface area contributed by atoms with Crippen LogP contribution in [0.2, 0.25) is 0 Å². The van der Waals surface area contributed by atoms with E-state index >= 15 is 0 Å². The molecule has 2 heterocycles. The molecular formula is C22H19F5N4O2. The zero-order valence-corrected chi connectivity index (χ0v) is 17.4. The van der Waals surface area contributed by atoms with Crippen LogP contribution in [-0.4, -0.2) is 52.0 Å². The van der Waals surface area contributed by atoms with Crippen LogP contribution >= 0.6 is 0 Å². The lowest BCUT2D eigenvalue weighted by Gasteiger charge is -2.36. The van der Waals surface area contributed by atoms with Gasteiger partial charge in [0, 0.05) is 31.7 Å². The van der Waals surface area contributed by atoms with Gasteiger partial charge in [-0.3, -0.25) is 9.69 Å². The van der Waals surface area contributed by atoms with E-state index in [4.69, 9.17) is 4.52 Å². The van der Waals surface area contributed by atoms with Crippen LogP contribution in [-0.2, 0) is 6.18 Å². The first-order valence-corrected chi connectivity index (χ1v) is 10.1. The minimum absolute atomic E-state index is 0.0401. The Morgan fingerprint density at radius 3 is 2.45 bits per heavy atom. The second kappa shape index (κ2) is 8.89. The van der Waals surface area contributed by atoms with E-state index in [0.717, 1.165) is 18.2 Å². The fourth-order valence-corrected chi connectivity index (χ4v) is 3.66. The highest BCUT2D eigenvalue weighted by molar-refractivity contribution is 5.94. The predicted molar refractivity (Wildman–Crippen MR) is 107 cm³/mol. The van der Waals surface area contributed by atoms with Gasteiger partial charge in [-0.1, -0.05) is 23.4 Å². The van der Waals surface area contributed by atoms with Gasteiger partial charge in [0.1, 0.15) is 0 Å². The Labute approximate surface area is 185 Å². The number of benzene rings is 2. The van der Waals surface area contributed by atoms with Crippen molar-refractivity contribution in [2.75, 3.05) is 26.2 Å². The third-order valence-electron chi connectivity index (χ3n) is 5.58. The first kappa shape index (κ1) is 22.8. The number of carbonyl (C=O) groups excluding carboxylic acids is 1. The van der Waals surface area contributed by atoms with E-state index in [1.807, 2.05) is 4.90 Å². The van der Waals surface area contributed by atoms with Crippen LogP contribution < -0.4 is 0 Å². The van der Waals surface area contributed by atoms with Gasteiger partial charge in [0.05, 0.1) is 17.2 Å². The van der Waals surface area contributed by atoms with Crippen molar-refractivity contribution in [3.05, 3.63) is 71.1 Å². The molecule has 6 nitrogen and oxygen atoms in total. The van der Waals surface area contributed by atoms with Crippen LogP contribution in [0.5, 0.6) is 0 Å². The molecule has 0 radical (unpaired) electrons. The number of hydrogen-bond acceptors (Lipinski definition) is 5. The summed E-state index contributed by atoms with van der Waals surface area (Å²) in [6.45, 7) is 3.16. The maximum absolute atomic E-state index is 13.9. The summed E-state index contributed by atoms with van der Waals surface area (Å²) in [5.74, 6) is -2.59. The van der Waals surface area contributed by atoms with Gasteiger partial charge in [0.15, 0.2) is 11.6 Å². The highest BCUT2D eigenvalue weighted by Gasteiger charge is 2.32. The lowest BCUT2D eigenvalue weighted by Crippen LogP contribution is -2.49. The summed E-state index contributed by atoms with van der Waals surface area (Å²) >= 11 is 0. The molecule has 4 rings (SSSR count). The van der Waals surface area contributed by atoms with E-state index in [2.05, 4.69) is 10.1 Å². The number of halogens is 5. The number of nitrogens with zero attached hydrogens (tertiary/aromatic N) is 4. The van der Waals surface area contributed by atoms with Crippen LogP contribution in [0.3, 0.4) is 0 Å². The van der Waals surface area contributed by atoms with E-state index < -0.39 is 29.3 Å². The van der Waals surface area contributed by atoms with Crippen molar-refractivity contribution in [2.24, 2.45) is 0 Å². The topological polar surface area (TPSA) is 62.5 Å². The van der Waals surface area contributed by atoms with E-state index in [1.54, 1.807) is 6.92 Å². The summed E-state index contributed by atoms with van der Waals surface area (Å²) in [6.07, 6.45) is -4.48. The fourth-order valence-electron chi connectivity index (χ4n) is 3.66. The van der Waals surface area contributed by atoms with Crippen LogP contribution in [0.4, 0.5) is 22.0 Å². The van der Waals surface area contributed by atoms with Crippen molar-refractivity contribution in [1.82, 2.24) is 19.9 Å². The monoisotopic (exact) mass is 466 g/mol. The van der Waals surface area contributed by atoms with Crippen LogP contribution in [0, 0.1) is 11.6 Å². The minimum atomic E-state index is -4.48. The third kappa shape index (κ3) is 4.72. The molecule has 1 aliphatic heterocycles. The Kier molecular flexibility index (Phi) is 6.15. The smallest absolute Gasteiger partial charge is 0.337 e. The van der Waals surface area contributed by atoms with E-state index in [0.29, 0.717) is 13.1 Å². The lowest BCUT2D eigenvalue weighted by atomic mass is 10.1. The molecule has 1 atom stereocenters. The summed E-state index contributed by atoms with van der Waals surface area (Å²) in [5.41, 5.74) is -0.950. The second-order valence-electron chi connectivity index (χ2n) is 7.64. The van der Waals surface area contributed by atoms with Gasteiger partial charge in [-0.15, -0.1) is 0 Å². The summed E-state index contributed by atoms with van der Waals surface area (Å²) in [6, 6.07) is 7.76. The SMILES string of the molecule is CC(c1nc(-c2cccc(C(F)(F)F)c2)no1)N1CCN(C(=O)c2cccc(F)c2F)CC1. The van der Waals surface area contributed by atoms with Crippen molar-refractivity contribution in [1.29, 1.82) is 0 Å².